The van der Waals surface area contributed by atoms with E-state index in [9.17, 15) is 9.59 Å². The van der Waals surface area contributed by atoms with Crippen LogP contribution in [-0.2, 0) is 14.3 Å². The Hall–Kier alpha value is -2.10. The minimum atomic E-state index is -0.688. The highest BCUT2D eigenvalue weighted by molar-refractivity contribution is 5.69. The Balaban J connectivity index is 3.84. The van der Waals surface area contributed by atoms with Crippen molar-refractivity contribution in [3.63, 3.8) is 0 Å². The van der Waals surface area contributed by atoms with Crippen LogP contribution in [0.1, 0.15) is 181 Å². The SMILES string of the molecule is CCCCC/C=C\C/C=C\C/C=C\C/C=C\CCCCCC(=O)OC(CCCCC)CCCCCCCCCCC(=O)O. The number of esters is 1. The third kappa shape index (κ3) is 34.3. The summed E-state index contributed by atoms with van der Waals surface area (Å²) in [6.07, 6.45) is 45.8. The average Bonchev–Trinajstić information content (AvgIpc) is 2.99. The van der Waals surface area contributed by atoms with E-state index in [-0.39, 0.29) is 12.1 Å². The number of carbonyl (C=O) groups is 2. The van der Waals surface area contributed by atoms with Crippen molar-refractivity contribution < 1.29 is 19.4 Å². The fraction of sp³-hybridized carbons (Fsp3) is 0.744. The summed E-state index contributed by atoms with van der Waals surface area (Å²) < 4.78 is 5.91. The van der Waals surface area contributed by atoms with Crippen molar-refractivity contribution in [3.05, 3.63) is 48.6 Å². The van der Waals surface area contributed by atoms with Crippen molar-refractivity contribution in [2.45, 2.75) is 187 Å². The minimum Gasteiger partial charge on any atom is -0.481 e. The Kier molecular flexibility index (Phi) is 32.7. The molecule has 0 heterocycles. The molecule has 1 N–H and O–H groups in total. The van der Waals surface area contributed by atoms with Crippen molar-refractivity contribution >= 4 is 11.9 Å². The summed E-state index contributed by atoms with van der Waals surface area (Å²) in [5.74, 6) is -0.701. The van der Waals surface area contributed by atoms with Gasteiger partial charge in [-0.2, -0.15) is 0 Å². The number of carboxylic acids is 1. The fourth-order valence-electron chi connectivity index (χ4n) is 5.11. The molecule has 43 heavy (non-hydrogen) atoms. The molecule has 0 amide bonds. The summed E-state index contributed by atoms with van der Waals surface area (Å²) in [4.78, 5) is 23.0. The van der Waals surface area contributed by atoms with Gasteiger partial charge in [-0.3, -0.25) is 9.59 Å². The highest BCUT2D eigenvalue weighted by Crippen LogP contribution is 2.18. The molecule has 0 aromatic rings. The zero-order valence-electron chi connectivity index (χ0n) is 28.3. The summed E-state index contributed by atoms with van der Waals surface area (Å²) in [5.41, 5.74) is 0. The molecule has 0 aliphatic rings. The second kappa shape index (κ2) is 34.4. The van der Waals surface area contributed by atoms with Gasteiger partial charge in [-0.05, 0) is 83.5 Å². The molecule has 0 aromatic heterocycles. The number of allylic oxidation sites excluding steroid dienone is 8. The maximum Gasteiger partial charge on any atom is 0.306 e. The first-order valence-electron chi connectivity index (χ1n) is 18.1. The van der Waals surface area contributed by atoms with E-state index in [0.29, 0.717) is 12.8 Å². The Morgan fingerprint density at radius 2 is 0.907 bits per heavy atom. The molecule has 0 spiro atoms. The lowest BCUT2D eigenvalue weighted by molar-refractivity contribution is -0.150. The summed E-state index contributed by atoms with van der Waals surface area (Å²) >= 11 is 0. The fourth-order valence-corrected chi connectivity index (χ4v) is 5.11. The first-order chi connectivity index (χ1) is 21.1. The van der Waals surface area contributed by atoms with E-state index >= 15 is 0 Å². The van der Waals surface area contributed by atoms with Gasteiger partial charge < -0.3 is 9.84 Å². The molecular weight excluding hydrogens is 532 g/mol. The molecule has 1 unspecified atom stereocenters. The predicted octanol–water partition coefficient (Wildman–Crippen LogP) is 12.4. The van der Waals surface area contributed by atoms with Crippen LogP contribution in [0, 0.1) is 0 Å². The number of carbonyl (C=O) groups excluding carboxylic acids is 1. The lowest BCUT2D eigenvalue weighted by Gasteiger charge is -2.18. The maximum absolute atomic E-state index is 12.5. The molecular formula is C39H68O4. The quantitative estimate of drug-likeness (QED) is 0.0474. The molecule has 4 nitrogen and oxygen atoms in total. The van der Waals surface area contributed by atoms with Crippen molar-refractivity contribution in [1.82, 2.24) is 0 Å². The molecule has 0 rings (SSSR count). The van der Waals surface area contributed by atoms with Crippen LogP contribution in [0.25, 0.3) is 0 Å². The van der Waals surface area contributed by atoms with E-state index in [4.69, 9.17) is 9.84 Å². The summed E-state index contributed by atoms with van der Waals surface area (Å²) in [6, 6.07) is 0. The lowest BCUT2D eigenvalue weighted by Crippen LogP contribution is -2.18. The molecule has 1 atom stereocenters. The smallest absolute Gasteiger partial charge is 0.306 e. The minimum absolute atomic E-state index is 0.0133. The third-order valence-electron chi connectivity index (χ3n) is 7.80. The van der Waals surface area contributed by atoms with Gasteiger partial charge in [-0.25, -0.2) is 0 Å². The molecule has 4 heteroatoms. The van der Waals surface area contributed by atoms with E-state index in [1.54, 1.807) is 0 Å². The number of unbranched alkanes of at least 4 members (excludes halogenated alkanes) is 15. The van der Waals surface area contributed by atoms with Gasteiger partial charge in [0, 0.05) is 12.8 Å². The number of hydrogen-bond donors (Lipinski definition) is 1. The van der Waals surface area contributed by atoms with Crippen molar-refractivity contribution in [3.8, 4) is 0 Å². The first kappa shape index (κ1) is 40.9. The zero-order valence-corrected chi connectivity index (χ0v) is 28.3. The van der Waals surface area contributed by atoms with Gasteiger partial charge in [-0.1, -0.05) is 133 Å². The van der Waals surface area contributed by atoms with Crippen LogP contribution >= 0.6 is 0 Å². The predicted molar refractivity (Wildman–Crippen MR) is 185 cm³/mol. The van der Waals surface area contributed by atoms with E-state index in [2.05, 4.69) is 62.5 Å². The van der Waals surface area contributed by atoms with Crippen LogP contribution in [0.15, 0.2) is 48.6 Å². The van der Waals surface area contributed by atoms with Gasteiger partial charge in [0.1, 0.15) is 6.10 Å². The highest BCUT2D eigenvalue weighted by Gasteiger charge is 2.14. The van der Waals surface area contributed by atoms with Crippen LogP contribution in [0.4, 0.5) is 0 Å². The molecule has 0 aliphatic carbocycles. The van der Waals surface area contributed by atoms with Crippen LogP contribution in [0.2, 0.25) is 0 Å². The van der Waals surface area contributed by atoms with E-state index < -0.39 is 5.97 Å². The largest absolute Gasteiger partial charge is 0.481 e. The molecule has 248 valence electrons. The first-order valence-corrected chi connectivity index (χ1v) is 18.1. The van der Waals surface area contributed by atoms with E-state index in [1.807, 2.05) is 0 Å². The van der Waals surface area contributed by atoms with Crippen LogP contribution in [-0.4, -0.2) is 23.1 Å². The van der Waals surface area contributed by atoms with E-state index in [0.717, 1.165) is 89.9 Å². The molecule has 0 radical (unpaired) electrons. The van der Waals surface area contributed by atoms with Crippen LogP contribution < -0.4 is 0 Å². The molecule has 0 bridgehead atoms. The second-order valence-electron chi connectivity index (χ2n) is 12.1. The lowest BCUT2D eigenvalue weighted by atomic mass is 10.0. The monoisotopic (exact) mass is 601 g/mol. The molecule has 0 aromatic carbocycles. The Bertz CT molecular complexity index is 734. The van der Waals surface area contributed by atoms with Gasteiger partial charge in [-0.15, -0.1) is 0 Å². The van der Waals surface area contributed by atoms with Crippen molar-refractivity contribution in [2.24, 2.45) is 0 Å². The van der Waals surface area contributed by atoms with Gasteiger partial charge in [0.2, 0.25) is 0 Å². The second-order valence-corrected chi connectivity index (χ2v) is 12.1. The molecule has 0 saturated heterocycles. The van der Waals surface area contributed by atoms with Crippen molar-refractivity contribution in [2.75, 3.05) is 0 Å². The maximum atomic E-state index is 12.5. The Morgan fingerprint density at radius 3 is 1.44 bits per heavy atom. The summed E-state index contributed by atoms with van der Waals surface area (Å²) in [7, 11) is 0. The third-order valence-corrected chi connectivity index (χ3v) is 7.80. The van der Waals surface area contributed by atoms with Gasteiger partial charge in [0.15, 0.2) is 0 Å². The standard InChI is InChI=1S/C39H68O4/c1-3-5-7-8-9-10-11-12-13-14-15-16-17-18-19-20-25-28-32-36-39(42)43-37(33-29-6-4-2)34-30-26-23-21-22-24-27-31-35-38(40)41/h9-10,12-13,15-16,18-19,37H,3-8,11,14,17,20-36H2,1-2H3,(H,40,41)/b10-9-,13-12-,16-15-,19-18-. The number of hydrogen-bond acceptors (Lipinski definition) is 3. The normalized spacial score (nSPS) is 12.8. The molecule has 0 saturated carbocycles. The van der Waals surface area contributed by atoms with Gasteiger partial charge >= 0.3 is 11.9 Å². The number of rotatable bonds is 32. The molecule has 0 aliphatic heterocycles. The van der Waals surface area contributed by atoms with Crippen LogP contribution in [0.5, 0.6) is 0 Å². The molecule has 0 fully saturated rings. The van der Waals surface area contributed by atoms with Crippen molar-refractivity contribution in [1.29, 1.82) is 0 Å². The highest BCUT2D eigenvalue weighted by atomic mass is 16.5. The van der Waals surface area contributed by atoms with E-state index in [1.165, 1.54) is 64.2 Å². The van der Waals surface area contributed by atoms with Crippen LogP contribution in [0.3, 0.4) is 0 Å². The number of ether oxygens (including phenoxy) is 1. The number of aliphatic carboxylic acids is 1. The average molecular weight is 601 g/mol. The number of carboxylic acid groups (broad SMARTS) is 1. The summed E-state index contributed by atoms with van der Waals surface area (Å²) in [5, 5.41) is 8.69. The summed E-state index contributed by atoms with van der Waals surface area (Å²) in [6.45, 7) is 4.46. The Labute approximate surface area is 266 Å². The zero-order chi connectivity index (χ0) is 31.5. The topological polar surface area (TPSA) is 63.6 Å². The van der Waals surface area contributed by atoms with Gasteiger partial charge in [0.05, 0.1) is 0 Å². The Morgan fingerprint density at radius 1 is 0.512 bits per heavy atom. The van der Waals surface area contributed by atoms with Gasteiger partial charge in [0.25, 0.3) is 0 Å².